The van der Waals surface area contributed by atoms with Crippen LogP contribution in [0.5, 0.6) is 0 Å². The van der Waals surface area contributed by atoms with Crippen LogP contribution in [0, 0.1) is 0 Å². The molecule has 8 heteroatoms. The third-order valence-corrected chi connectivity index (χ3v) is 5.61. The molecule has 0 fully saturated rings. The number of nitrogens with zero attached hydrogens (tertiary/aromatic N) is 2. The summed E-state index contributed by atoms with van der Waals surface area (Å²) >= 11 is 0. The van der Waals surface area contributed by atoms with Gasteiger partial charge in [-0.3, -0.25) is 19.6 Å². The van der Waals surface area contributed by atoms with E-state index < -0.39 is 0 Å². The highest BCUT2D eigenvalue weighted by Crippen LogP contribution is 2.31. The Morgan fingerprint density at radius 1 is 0.914 bits per heavy atom. The fraction of sp³-hybridized carbons (Fsp3) is 0.111. The van der Waals surface area contributed by atoms with Gasteiger partial charge in [-0.25, -0.2) is 0 Å². The number of nitrogens with one attached hydrogen (secondary N) is 2. The van der Waals surface area contributed by atoms with Gasteiger partial charge in [-0.1, -0.05) is 54.6 Å². The highest BCUT2D eigenvalue weighted by atomic mass is 35.5. The highest BCUT2D eigenvalue weighted by Gasteiger charge is 2.20. The van der Waals surface area contributed by atoms with Crippen molar-refractivity contribution in [2.24, 2.45) is 4.99 Å². The Hall–Kier alpha value is -3.74. The topological polar surface area (TPSA) is 83.5 Å². The Morgan fingerprint density at radius 3 is 2.46 bits per heavy atom. The highest BCUT2D eigenvalue weighted by molar-refractivity contribution is 6.23. The van der Waals surface area contributed by atoms with Crippen LogP contribution in [0.2, 0.25) is 0 Å². The standard InChI is InChI=1S/C27H22N4O2.2ClH/c32-24(15-13-20-6-3-4-16-28-20)30-21-11-8-19(9-12-21)26-23-14-10-18-5-1-2-7-22(18)27(23)31-25(33)17-29-26;;/h1-12,14,16H,13,15,17H2,(H,30,32)(H,31,33);2*1H. The van der Waals surface area contributed by atoms with Crippen molar-refractivity contribution in [3.8, 4) is 0 Å². The molecule has 0 aliphatic carbocycles. The van der Waals surface area contributed by atoms with Crippen molar-refractivity contribution in [2.75, 3.05) is 17.2 Å². The second-order valence-electron chi connectivity index (χ2n) is 7.87. The summed E-state index contributed by atoms with van der Waals surface area (Å²) in [6, 6.07) is 25.2. The van der Waals surface area contributed by atoms with Gasteiger partial charge in [0.25, 0.3) is 0 Å². The predicted molar refractivity (Wildman–Crippen MR) is 145 cm³/mol. The molecule has 0 radical (unpaired) electrons. The first-order valence-electron chi connectivity index (χ1n) is 10.8. The fourth-order valence-corrected chi connectivity index (χ4v) is 3.99. The van der Waals surface area contributed by atoms with Gasteiger partial charge < -0.3 is 10.6 Å². The molecule has 1 aliphatic rings. The monoisotopic (exact) mass is 506 g/mol. The van der Waals surface area contributed by atoms with Gasteiger partial charge in [0.2, 0.25) is 11.8 Å². The van der Waals surface area contributed by atoms with E-state index in [-0.39, 0.29) is 43.2 Å². The van der Waals surface area contributed by atoms with Crippen LogP contribution in [0.1, 0.15) is 23.2 Å². The van der Waals surface area contributed by atoms with E-state index in [1.807, 2.05) is 78.9 Å². The summed E-state index contributed by atoms with van der Waals surface area (Å²) in [5.74, 6) is -0.203. The first kappa shape index (κ1) is 25.9. The zero-order chi connectivity index (χ0) is 22.6. The molecule has 178 valence electrons. The van der Waals surface area contributed by atoms with Crippen molar-refractivity contribution < 1.29 is 9.59 Å². The number of halogens is 2. The lowest BCUT2D eigenvalue weighted by atomic mass is 9.96. The number of carbonyl (C=O) groups excluding carboxylic acids is 2. The van der Waals surface area contributed by atoms with Crippen molar-refractivity contribution in [3.63, 3.8) is 0 Å². The molecule has 0 saturated carbocycles. The van der Waals surface area contributed by atoms with Crippen LogP contribution in [0.15, 0.2) is 90.1 Å². The number of hydrogen-bond acceptors (Lipinski definition) is 4. The molecule has 2 amide bonds. The Bertz CT molecular complexity index is 1370. The summed E-state index contributed by atoms with van der Waals surface area (Å²) in [4.78, 5) is 33.5. The van der Waals surface area contributed by atoms with Crippen LogP contribution in [-0.4, -0.2) is 29.1 Å². The molecule has 2 N–H and O–H groups in total. The van der Waals surface area contributed by atoms with E-state index in [2.05, 4.69) is 20.6 Å². The molecular weight excluding hydrogens is 483 g/mol. The number of rotatable bonds is 5. The molecule has 4 aromatic rings. The first-order valence-corrected chi connectivity index (χ1v) is 10.8. The molecule has 1 aliphatic heterocycles. The number of aliphatic imine (C=N–C) groups is 1. The maximum Gasteiger partial charge on any atom is 0.246 e. The number of aromatic nitrogens is 1. The van der Waals surface area contributed by atoms with Gasteiger partial charge in [-0.15, -0.1) is 24.8 Å². The molecule has 2 heterocycles. The van der Waals surface area contributed by atoms with E-state index in [4.69, 9.17) is 0 Å². The van der Waals surface area contributed by atoms with E-state index in [1.54, 1.807) is 6.20 Å². The van der Waals surface area contributed by atoms with E-state index in [1.165, 1.54) is 0 Å². The summed E-state index contributed by atoms with van der Waals surface area (Å²) in [7, 11) is 0. The van der Waals surface area contributed by atoms with Gasteiger partial charge in [-0.05, 0) is 36.1 Å². The normalized spacial score (nSPS) is 12.2. The number of aryl methyl sites for hydroxylation is 1. The van der Waals surface area contributed by atoms with Crippen LogP contribution in [0.25, 0.3) is 10.8 Å². The average molecular weight is 507 g/mol. The van der Waals surface area contributed by atoms with E-state index in [0.29, 0.717) is 18.5 Å². The van der Waals surface area contributed by atoms with Gasteiger partial charge in [0.15, 0.2) is 0 Å². The second kappa shape index (κ2) is 11.6. The lowest BCUT2D eigenvalue weighted by Gasteiger charge is -2.13. The molecule has 1 aromatic heterocycles. The minimum Gasteiger partial charge on any atom is -0.326 e. The van der Waals surface area contributed by atoms with E-state index in [0.717, 1.165) is 39.0 Å². The van der Waals surface area contributed by atoms with Gasteiger partial charge in [0.1, 0.15) is 6.54 Å². The number of hydrogen-bond donors (Lipinski definition) is 2. The quantitative estimate of drug-likeness (QED) is 0.378. The molecular formula is C27H24Cl2N4O2. The number of carbonyl (C=O) groups is 2. The number of benzene rings is 3. The molecule has 6 nitrogen and oxygen atoms in total. The van der Waals surface area contributed by atoms with Crippen molar-refractivity contribution in [1.29, 1.82) is 0 Å². The fourth-order valence-electron chi connectivity index (χ4n) is 3.99. The van der Waals surface area contributed by atoms with Crippen LogP contribution in [0.3, 0.4) is 0 Å². The Labute approximate surface area is 215 Å². The molecule has 3 aromatic carbocycles. The molecule has 0 bridgehead atoms. The number of amides is 2. The summed E-state index contributed by atoms with van der Waals surface area (Å²) < 4.78 is 0. The third-order valence-electron chi connectivity index (χ3n) is 5.61. The zero-order valence-electron chi connectivity index (χ0n) is 18.7. The maximum atomic E-state index is 12.3. The minimum absolute atomic E-state index is 0. The van der Waals surface area contributed by atoms with Crippen molar-refractivity contribution in [2.45, 2.75) is 12.8 Å². The SMILES string of the molecule is Cl.Cl.O=C(CCc1ccccn1)Nc1ccc(C2=NCC(=O)Nc3c2ccc2ccccc32)cc1. The van der Waals surface area contributed by atoms with E-state index >= 15 is 0 Å². The number of fused-ring (bicyclic) bond motifs is 3. The molecule has 0 saturated heterocycles. The van der Waals surface area contributed by atoms with Crippen molar-refractivity contribution >= 4 is 64.5 Å². The summed E-state index contributed by atoms with van der Waals surface area (Å²) in [6.45, 7) is 0.0599. The molecule has 0 spiro atoms. The maximum absolute atomic E-state index is 12.3. The van der Waals surface area contributed by atoms with Crippen LogP contribution >= 0.6 is 24.8 Å². The lowest BCUT2D eigenvalue weighted by Crippen LogP contribution is -2.13. The Morgan fingerprint density at radius 2 is 1.69 bits per heavy atom. The van der Waals surface area contributed by atoms with Crippen molar-refractivity contribution in [3.05, 3.63) is 102 Å². The Kier molecular flexibility index (Phi) is 8.58. The van der Waals surface area contributed by atoms with Crippen LogP contribution in [-0.2, 0) is 16.0 Å². The van der Waals surface area contributed by atoms with E-state index in [9.17, 15) is 9.59 Å². The molecule has 0 unspecified atom stereocenters. The summed E-state index contributed by atoms with van der Waals surface area (Å²) in [5.41, 5.74) is 4.90. The van der Waals surface area contributed by atoms with Gasteiger partial charge in [-0.2, -0.15) is 0 Å². The summed E-state index contributed by atoms with van der Waals surface area (Å²) in [6.07, 6.45) is 2.68. The molecule has 0 atom stereocenters. The van der Waals surface area contributed by atoms with Crippen LogP contribution < -0.4 is 10.6 Å². The third kappa shape index (κ3) is 5.85. The summed E-state index contributed by atoms with van der Waals surface area (Å²) in [5, 5.41) is 7.98. The zero-order valence-corrected chi connectivity index (χ0v) is 20.4. The van der Waals surface area contributed by atoms with Gasteiger partial charge in [0, 0.05) is 40.5 Å². The minimum atomic E-state index is -0.139. The first-order chi connectivity index (χ1) is 16.2. The van der Waals surface area contributed by atoms with Gasteiger partial charge >= 0.3 is 0 Å². The van der Waals surface area contributed by atoms with Gasteiger partial charge in [0.05, 0.1) is 11.4 Å². The average Bonchev–Trinajstić information content (AvgIpc) is 3.02. The van der Waals surface area contributed by atoms with Crippen LogP contribution in [0.4, 0.5) is 11.4 Å². The lowest BCUT2D eigenvalue weighted by molar-refractivity contribution is -0.116. The van der Waals surface area contributed by atoms with Crippen molar-refractivity contribution in [1.82, 2.24) is 4.98 Å². The second-order valence-corrected chi connectivity index (χ2v) is 7.87. The molecule has 35 heavy (non-hydrogen) atoms. The predicted octanol–water partition coefficient (Wildman–Crippen LogP) is 5.44. The molecule has 5 rings (SSSR count). The Balaban J connectivity index is 0.00000171. The smallest absolute Gasteiger partial charge is 0.246 e. The number of pyridine rings is 1. The largest absolute Gasteiger partial charge is 0.326 e. The number of anilines is 2.